The number of pyridine rings is 1. The number of methoxy groups -OCH3 is 1. The van der Waals surface area contributed by atoms with E-state index in [1.54, 1.807) is 36.4 Å². The van der Waals surface area contributed by atoms with Crippen LogP contribution in [-0.2, 0) is 9.84 Å². The first-order valence-electron chi connectivity index (χ1n) is 9.15. The van der Waals surface area contributed by atoms with E-state index in [-0.39, 0.29) is 17.0 Å². The van der Waals surface area contributed by atoms with Crippen molar-refractivity contribution in [3.05, 3.63) is 89.5 Å². The molecule has 1 N–H and O–H groups in total. The molecule has 0 saturated carbocycles. The molecule has 0 aliphatic heterocycles. The van der Waals surface area contributed by atoms with Gasteiger partial charge < -0.3 is 10.1 Å². The third-order valence-electron chi connectivity index (χ3n) is 4.67. The molecule has 0 unspecified atom stereocenters. The number of rotatable bonds is 7. The number of carbonyl (C=O) groups is 1. The number of aromatic nitrogens is 1. The van der Waals surface area contributed by atoms with Gasteiger partial charge in [0.25, 0.3) is 5.91 Å². The maximum absolute atomic E-state index is 13.6. The molecule has 0 spiro atoms. The van der Waals surface area contributed by atoms with Crippen molar-refractivity contribution in [3.8, 4) is 5.75 Å². The topological polar surface area (TPSA) is 85.4 Å². The van der Waals surface area contributed by atoms with Gasteiger partial charge in [-0.3, -0.25) is 9.78 Å². The van der Waals surface area contributed by atoms with Crippen molar-refractivity contribution in [2.75, 3.05) is 13.7 Å². The number of sulfone groups is 1. The molecule has 1 heterocycles. The van der Waals surface area contributed by atoms with Gasteiger partial charge in [-0.25, -0.2) is 12.8 Å². The summed E-state index contributed by atoms with van der Waals surface area (Å²) in [6, 6.07) is 13.4. The van der Waals surface area contributed by atoms with Gasteiger partial charge in [0.15, 0.2) is 9.84 Å². The van der Waals surface area contributed by atoms with E-state index in [9.17, 15) is 17.6 Å². The normalized spacial score (nSPS) is 12.2. The molecule has 6 nitrogen and oxygen atoms in total. The van der Waals surface area contributed by atoms with E-state index in [1.165, 1.54) is 38.6 Å². The number of amides is 1. The largest absolute Gasteiger partial charge is 0.497 e. The lowest BCUT2D eigenvalue weighted by molar-refractivity contribution is 0.0953. The fraction of sp³-hybridized carbons (Fsp3) is 0.182. The highest BCUT2D eigenvalue weighted by Gasteiger charge is 2.30. The Balaban J connectivity index is 1.91. The van der Waals surface area contributed by atoms with Crippen LogP contribution >= 0.6 is 0 Å². The van der Waals surface area contributed by atoms with Crippen LogP contribution in [0, 0.1) is 12.7 Å². The second kappa shape index (κ2) is 9.04. The molecule has 2 aromatic carbocycles. The molecule has 0 aliphatic carbocycles. The average Bonchev–Trinajstić information content (AvgIpc) is 2.76. The van der Waals surface area contributed by atoms with Gasteiger partial charge in [0, 0.05) is 24.5 Å². The van der Waals surface area contributed by atoms with Gasteiger partial charge in [0.2, 0.25) is 0 Å². The summed E-state index contributed by atoms with van der Waals surface area (Å²) in [6.45, 7) is 1.32. The number of carbonyl (C=O) groups excluding carboxylic acids is 1. The number of halogens is 1. The highest BCUT2D eigenvalue weighted by Crippen LogP contribution is 2.29. The Bertz CT molecular complexity index is 1150. The van der Waals surface area contributed by atoms with Gasteiger partial charge in [-0.15, -0.1) is 0 Å². The van der Waals surface area contributed by atoms with Crippen molar-refractivity contribution in [1.82, 2.24) is 10.3 Å². The number of nitrogens with zero attached hydrogens (tertiary/aromatic N) is 1. The van der Waals surface area contributed by atoms with Crippen LogP contribution in [-0.4, -0.2) is 33.0 Å². The van der Waals surface area contributed by atoms with Crippen LogP contribution in [0.1, 0.15) is 26.7 Å². The minimum absolute atomic E-state index is 0.0223. The van der Waals surface area contributed by atoms with Gasteiger partial charge in [-0.1, -0.05) is 12.1 Å². The summed E-state index contributed by atoms with van der Waals surface area (Å²) in [5.41, 5.74) is 0.987. The molecule has 0 radical (unpaired) electrons. The molecule has 30 heavy (non-hydrogen) atoms. The molecular weight excluding hydrogens is 407 g/mol. The molecule has 156 valence electrons. The highest BCUT2D eigenvalue weighted by atomic mass is 32.2. The number of ether oxygens (including phenoxy) is 1. The van der Waals surface area contributed by atoms with Crippen LogP contribution < -0.4 is 10.1 Å². The lowest BCUT2D eigenvalue weighted by Crippen LogP contribution is -2.32. The lowest BCUT2D eigenvalue weighted by atomic mass is 10.2. The molecule has 0 saturated heterocycles. The fourth-order valence-corrected chi connectivity index (χ4v) is 4.71. The van der Waals surface area contributed by atoms with Crippen LogP contribution in [0.25, 0.3) is 0 Å². The standard InChI is InChI=1S/C22H21FN2O4S/c1-15-11-19(8-9-20(15)23)30(27,28)21(17-6-4-10-24-13-17)14-25-22(26)16-5-3-7-18(12-16)29-2/h3-13,21H,14H2,1-2H3,(H,25,26)/t21-/m0/s1. The molecule has 3 rings (SSSR count). The van der Waals surface area contributed by atoms with Crippen molar-refractivity contribution in [2.45, 2.75) is 17.1 Å². The Morgan fingerprint density at radius 3 is 2.63 bits per heavy atom. The summed E-state index contributed by atoms with van der Waals surface area (Å²) in [6.07, 6.45) is 2.97. The number of nitrogens with one attached hydrogen (secondary N) is 1. The summed E-state index contributed by atoms with van der Waals surface area (Å²) in [7, 11) is -2.44. The molecule has 0 bridgehead atoms. The third kappa shape index (κ3) is 4.65. The van der Waals surface area contributed by atoms with E-state index in [4.69, 9.17) is 4.74 Å². The van der Waals surface area contributed by atoms with Crippen LogP contribution in [0.5, 0.6) is 5.75 Å². The minimum Gasteiger partial charge on any atom is -0.497 e. The van der Waals surface area contributed by atoms with Crippen LogP contribution in [0.4, 0.5) is 4.39 Å². The third-order valence-corrected chi connectivity index (χ3v) is 6.77. The quantitative estimate of drug-likeness (QED) is 0.583. The molecule has 0 aliphatic rings. The summed E-state index contributed by atoms with van der Waals surface area (Å²) >= 11 is 0. The van der Waals surface area contributed by atoms with Crippen molar-refractivity contribution in [3.63, 3.8) is 0 Å². The molecular formula is C22H21FN2O4S. The summed E-state index contributed by atoms with van der Waals surface area (Å²) in [5, 5.41) is 1.58. The summed E-state index contributed by atoms with van der Waals surface area (Å²) in [4.78, 5) is 16.6. The molecule has 8 heteroatoms. The number of aryl methyl sites for hydroxylation is 1. The predicted molar refractivity (Wildman–Crippen MR) is 111 cm³/mol. The van der Waals surface area contributed by atoms with E-state index in [0.717, 1.165) is 6.07 Å². The first-order valence-corrected chi connectivity index (χ1v) is 10.7. The average molecular weight is 428 g/mol. The Morgan fingerprint density at radius 1 is 1.17 bits per heavy atom. The van der Waals surface area contributed by atoms with Gasteiger partial charge in [0.05, 0.1) is 12.0 Å². The van der Waals surface area contributed by atoms with Gasteiger partial charge in [-0.2, -0.15) is 0 Å². The van der Waals surface area contributed by atoms with Crippen LogP contribution in [0.3, 0.4) is 0 Å². The minimum atomic E-state index is -3.93. The predicted octanol–water partition coefficient (Wildman–Crippen LogP) is 3.48. The first kappa shape index (κ1) is 21.4. The van der Waals surface area contributed by atoms with E-state index in [0.29, 0.717) is 16.9 Å². The number of hydrogen-bond donors (Lipinski definition) is 1. The SMILES string of the molecule is COc1cccc(C(=O)NC[C@@H](c2cccnc2)S(=O)(=O)c2ccc(F)c(C)c2)c1. The summed E-state index contributed by atoms with van der Waals surface area (Å²) in [5.74, 6) is -0.410. The first-order chi connectivity index (χ1) is 14.3. The van der Waals surface area contributed by atoms with Gasteiger partial charge in [-0.05, 0) is 60.5 Å². The summed E-state index contributed by atoms with van der Waals surface area (Å²) < 4.78 is 45.4. The van der Waals surface area contributed by atoms with Crippen LogP contribution in [0.2, 0.25) is 0 Å². The zero-order valence-electron chi connectivity index (χ0n) is 16.5. The van der Waals surface area contributed by atoms with Crippen molar-refractivity contribution >= 4 is 15.7 Å². The maximum Gasteiger partial charge on any atom is 0.251 e. The highest BCUT2D eigenvalue weighted by molar-refractivity contribution is 7.91. The van der Waals surface area contributed by atoms with Crippen molar-refractivity contribution < 1.29 is 22.3 Å². The number of hydrogen-bond acceptors (Lipinski definition) is 5. The Hall–Kier alpha value is -3.26. The van der Waals surface area contributed by atoms with E-state index >= 15 is 0 Å². The van der Waals surface area contributed by atoms with Crippen LogP contribution in [0.15, 0.2) is 71.9 Å². The second-order valence-corrected chi connectivity index (χ2v) is 8.80. The Kier molecular flexibility index (Phi) is 6.47. The molecule has 3 aromatic rings. The Labute approximate surface area is 174 Å². The second-order valence-electron chi connectivity index (χ2n) is 6.67. The van der Waals surface area contributed by atoms with Crippen molar-refractivity contribution in [1.29, 1.82) is 0 Å². The molecule has 1 aromatic heterocycles. The zero-order chi connectivity index (χ0) is 21.7. The van der Waals surface area contributed by atoms with Gasteiger partial charge in [0.1, 0.15) is 16.8 Å². The van der Waals surface area contributed by atoms with E-state index < -0.39 is 26.8 Å². The fourth-order valence-electron chi connectivity index (χ4n) is 2.98. The van der Waals surface area contributed by atoms with E-state index in [1.807, 2.05) is 0 Å². The van der Waals surface area contributed by atoms with Gasteiger partial charge >= 0.3 is 0 Å². The Morgan fingerprint density at radius 2 is 1.97 bits per heavy atom. The smallest absolute Gasteiger partial charge is 0.251 e. The molecule has 1 atom stereocenters. The zero-order valence-corrected chi connectivity index (χ0v) is 17.3. The molecule has 1 amide bonds. The van der Waals surface area contributed by atoms with Crippen molar-refractivity contribution in [2.24, 2.45) is 0 Å². The lowest BCUT2D eigenvalue weighted by Gasteiger charge is -2.19. The monoisotopic (exact) mass is 428 g/mol. The maximum atomic E-state index is 13.6. The molecule has 0 fully saturated rings. The van der Waals surface area contributed by atoms with E-state index in [2.05, 4.69) is 10.3 Å². The number of benzene rings is 2.